The van der Waals surface area contributed by atoms with E-state index in [1.807, 2.05) is 25.1 Å². The smallest absolute Gasteiger partial charge is 0.372 e. The molecule has 0 fully saturated rings. The number of nitrogens with zero attached hydrogens (tertiary/aromatic N) is 1. The van der Waals surface area contributed by atoms with Crippen LogP contribution < -0.4 is 10.5 Å². The molecule has 2 aromatic carbocycles. The third-order valence-electron chi connectivity index (χ3n) is 2.91. The van der Waals surface area contributed by atoms with Crippen molar-refractivity contribution < 1.29 is 14.4 Å². The molecule has 0 spiro atoms. The number of carbonyl (C=O) groups excluding carboxylic acids is 1. The van der Waals surface area contributed by atoms with Gasteiger partial charge in [-0.15, -0.1) is 0 Å². The molecule has 0 unspecified atom stereocenters. The van der Waals surface area contributed by atoms with Gasteiger partial charge in [0.15, 0.2) is 12.4 Å². The highest BCUT2D eigenvalue weighted by Crippen LogP contribution is 2.27. The lowest BCUT2D eigenvalue weighted by atomic mass is 10.1. The van der Waals surface area contributed by atoms with Gasteiger partial charge < -0.3 is 15.3 Å². The normalized spacial score (nSPS) is 11.2. The Morgan fingerprint density at radius 3 is 2.65 bits per heavy atom. The van der Waals surface area contributed by atoms with E-state index in [1.165, 1.54) is 6.07 Å². The van der Waals surface area contributed by atoms with Crippen molar-refractivity contribution in [3.63, 3.8) is 0 Å². The number of hydrogen-bond acceptors (Lipinski definition) is 4. The number of rotatable bonds is 5. The number of amidine groups is 1. The van der Waals surface area contributed by atoms with Gasteiger partial charge in [0.1, 0.15) is 5.75 Å². The fraction of sp³-hybridized carbons (Fsp3) is 0.125. The molecule has 0 aliphatic rings. The molecule has 0 heterocycles. The van der Waals surface area contributed by atoms with Crippen LogP contribution >= 0.6 is 23.2 Å². The van der Waals surface area contributed by atoms with Gasteiger partial charge in [-0.3, -0.25) is 0 Å². The van der Waals surface area contributed by atoms with Crippen LogP contribution in [0.3, 0.4) is 0 Å². The topological polar surface area (TPSA) is 73.9 Å². The maximum atomic E-state index is 11.6. The molecular weight excluding hydrogens is 339 g/mol. The standard InChI is InChI=1S/C16H14Cl2N2O3/c1-10-4-2-3-5-12(10)16(19)20-23-15(21)9-22-14-7-6-11(17)8-13(14)18/h2-8H,9H2,1H3,(H2,19,20). The molecule has 0 aliphatic heterocycles. The Morgan fingerprint density at radius 1 is 1.22 bits per heavy atom. The van der Waals surface area contributed by atoms with E-state index < -0.39 is 5.97 Å². The predicted molar refractivity (Wildman–Crippen MR) is 90.0 cm³/mol. The van der Waals surface area contributed by atoms with E-state index in [0.29, 0.717) is 21.4 Å². The molecule has 0 atom stereocenters. The third kappa shape index (κ3) is 4.87. The molecule has 0 bridgehead atoms. The second-order valence-corrected chi connectivity index (χ2v) is 5.46. The molecule has 7 heteroatoms. The summed E-state index contributed by atoms with van der Waals surface area (Å²) in [5, 5.41) is 4.39. The van der Waals surface area contributed by atoms with E-state index in [4.69, 9.17) is 38.5 Å². The van der Waals surface area contributed by atoms with Crippen LogP contribution in [0.15, 0.2) is 47.6 Å². The van der Waals surface area contributed by atoms with Crippen molar-refractivity contribution in [2.24, 2.45) is 10.9 Å². The van der Waals surface area contributed by atoms with Crippen molar-refractivity contribution in [3.8, 4) is 5.75 Å². The fourth-order valence-electron chi connectivity index (χ4n) is 1.76. The molecule has 0 aromatic heterocycles. The summed E-state index contributed by atoms with van der Waals surface area (Å²) in [6.45, 7) is 1.52. The zero-order valence-corrected chi connectivity index (χ0v) is 13.8. The number of benzene rings is 2. The summed E-state index contributed by atoms with van der Waals surface area (Å²) in [7, 11) is 0. The van der Waals surface area contributed by atoms with Crippen molar-refractivity contribution in [2.45, 2.75) is 6.92 Å². The summed E-state index contributed by atoms with van der Waals surface area (Å²) >= 11 is 11.7. The lowest BCUT2D eigenvalue weighted by Gasteiger charge is -2.07. The fourth-order valence-corrected chi connectivity index (χ4v) is 2.23. The van der Waals surface area contributed by atoms with Crippen molar-refractivity contribution in [3.05, 3.63) is 63.6 Å². The molecule has 0 aliphatic carbocycles. The van der Waals surface area contributed by atoms with Gasteiger partial charge in [0.05, 0.1) is 5.02 Å². The number of aryl methyl sites for hydroxylation is 1. The van der Waals surface area contributed by atoms with Crippen LogP contribution in [0.25, 0.3) is 0 Å². The maximum absolute atomic E-state index is 11.6. The van der Waals surface area contributed by atoms with Gasteiger partial charge in [0.25, 0.3) is 0 Å². The molecule has 0 amide bonds. The first kappa shape index (κ1) is 17.1. The molecule has 2 rings (SSSR count). The number of carbonyl (C=O) groups is 1. The van der Waals surface area contributed by atoms with Crippen LogP contribution in [0.4, 0.5) is 0 Å². The lowest BCUT2D eigenvalue weighted by molar-refractivity contribution is -0.146. The molecular formula is C16H14Cl2N2O3. The average Bonchev–Trinajstić information content (AvgIpc) is 2.52. The van der Waals surface area contributed by atoms with Crippen molar-refractivity contribution >= 4 is 35.0 Å². The second kappa shape index (κ2) is 7.85. The summed E-state index contributed by atoms with van der Waals surface area (Å²) < 4.78 is 5.24. The first-order valence-corrected chi connectivity index (χ1v) is 7.40. The van der Waals surface area contributed by atoms with E-state index in [-0.39, 0.29) is 12.4 Å². The summed E-state index contributed by atoms with van der Waals surface area (Å²) in [6, 6.07) is 12.0. The Morgan fingerprint density at radius 2 is 1.96 bits per heavy atom. The Balaban J connectivity index is 1.92. The molecule has 0 radical (unpaired) electrons. The van der Waals surface area contributed by atoms with E-state index in [9.17, 15) is 4.79 Å². The Kier molecular flexibility index (Phi) is 5.84. The molecule has 0 saturated carbocycles. The zero-order chi connectivity index (χ0) is 16.8. The van der Waals surface area contributed by atoms with E-state index >= 15 is 0 Å². The predicted octanol–water partition coefficient (Wildman–Crippen LogP) is 3.54. The second-order valence-electron chi connectivity index (χ2n) is 4.62. The van der Waals surface area contributed by atoms with Crippen LogP contribution in [0.5, 0.6) is 5.75 Å². The highest BCUT2D eigenvalue weighted by molar-refractivity contribution is 6.35. The van der Waals surface area contributed by atoms with Gasteiger partial charge in [0.2, 0.25) is 0 Å². The average molecular weight is 353 g/mol. The van der Waals surface area contributed by atoms with E-state index in [2.05, 4.69) is 5.16 Å². The maximum Gasteiger partial charge on any atom is 0.372 e. The van der Waals surface area contributed by atoms with Crippen molar-refractivity contribution in [1.29, 1.82) is 0 Å². The molecule has 5 nitrogen and oxygen atoms in total. The largest absolute Gasteiger partial charge is 0.480 e. The Hall–Kier alpha value is -2.24. The number of halogens is 2. The SMILES string of the molecule is Cc1ccccc1/C(N)=N\OC(=O)COc1ccc(Cl)cc1Cl. The Labute approximate surface area is 143 Å². The minimum Gasteiger partial charge on any atom is -0.480 e. The summed E-state index contributed by atoms with van der Waals surface area (Å²) in [6.07, 6.45) is 0. The number of nitrogens with two attached hydrogens (primary N) is 1. The first-order valence-electron chi connectivity index (χ1n) is 6.64. The van der Waals surface area contributed by atoms with Crippen LogP contribution in [0.1, 0.15) is 11.1 Å². The minimum atomic E-state index is -0.701. The molecule has 23 heavy (non-hydrogen) atoms. The van der Waals surface area contributed by atoms with Gasteiger partial charge in [-0.2, -0.15) is 0 Å². The van der Waals surface area contributed by atoms with Crippen LogP contribution in [0, 0.1) is 6.92 Å². The van der Waals surface area contributed by atoms with Gasteiger partial charge in [-0.05, 0) is 30.7 Å². The molecule has 2 N–H and O–H groups in total. The minimum absolute atomic E-state index is 0.112. The van der Waals surface area contributed by atoms with Gasteiger partial charge in [0, 0.05) is 10.6 Å². The van der Waals surface area contributed by atoms with E-state index in [0.717, 1.165) is 5.56 Å². The van der Waals surface area contributed by atoms with Gasteiger partial charge >= 0.3 is 5.97 Å². The first-order chi connectivity index (χ1) is 11.0. The summed E-state index contributed by atoms with van der Waals surface area (Å²) in [5.74, 6) is -0.266. The van der Waals surface area contributed by atoms with Crippen molar-refractivity contribution in [2.75, 3.05) is 6.61 Å². The number of ether oxygens (including phenoxy) is 1. The van der Waals surface area contributed by atoms with Crippen LogP contribution in [0.2, 0.25) is 10.0 Å². The molecule has 120 valence electrons. The van der Waals surface area contributed by atoms with Crippen LogP contribution in [-0.4, -0.2) is 18.4 Å². The number of hydrogen-bond donors (Lipinski definition) is 1. The highest BCUT2D eigenvalue weighted by atomic mass is 35.5. The Bertz CT molecular complexity index is 748. The highest BCUT2D eigenvalue weighted by Gasteiger charge is 2.09. The zero-order valence-electron chi connectivity index (χ0n) is 12.3. The summed E-state index contributed by atoms with van der Waals surface area (Å²) in [5.41, 5.74) is 7.41. The lowest BCUT2D eigenvalue weighted by Crippen LogP contribution is -2.18. The van der Waals surface area contributed by atoms with Gasteiger partial charge in [-0.1, -0.05) is 52.6 Å². The monoisotopic (exact) mass is 352 g/mol. The number of oxime groups is 1. The summed E-state index contributed by atoms with van der Waals surface area (Å²) in [4.78, 5) is 16.4. The van der Waals surface area contributed by atoms with E-state index in [1.54, 1.807) is 18.2 Å². The van der Waals surface area contributed by atoms with Crippen molar-refractivity contribution in [1.82, 2.24) is 0 Å². The molecule has 2 aromatic rings. The van der Waals surface area contributed by atoms with Crippen LogP contribution in [-0.2, 0) is 9.63 Å². The van der Waals surface area contributed by atoms with Gasteiger partial charge in [-0.25, -0.2) is 4.79 Å². The third-order valence-corrected chi connectivity index (χ3v) is 3.44. The molecule has 0 saturated heterocycles. The quantitative estimate of drug-likeness (QED) is 0.386.